The predicted octanol–water partition coefficient (Wildman–Crippen LogP) is 2.92. The van der Waals surface area contributed by atoms with Crippen molar-refractivity contribution in [3.8, 4) is 0 Å². The minimum absolute atomic E-state index is 0.0548. The lowest BCUT2D eigenvalue weighted by atomic mass is 10.0. The molecule has 0 aliphatic carbocycles. The molecule has 0 radical (unpaired) electrons. The molecule has 0 bridgehead atoms. The molecule has 0 heterocycles. The van der Waals surface area contributed by atoms with Gasteiger partial charge in [0.1, 0.15) is 0 Å². The highest BCUT2D eigenvalue weighted by atomic mass is 35.5. The summed E-state index contributed by atoms with van der Waals surface area (Å²) in [7, 11) is 0. The average molecular weight is 333 g/mol. The number of hydrogen-bond donors (Lipinski definition) is 2. The number of nitrogens with two attached hydrogens (primary N) is 1. The van der Waals surface area contributed by atoms with Gasteiger partial charge in [-0.2, -0.15) is 0 Å². The van der Waals surface area contributed by atoms with Crippen LogP contribution in [0.3, 0.4) is 0 Å². The molecule has 1 amide bonds. The van der Waals surface area contributed by atoms with E-state index in [1.165, 1.54) is 0 Å². The molecule has 0 aliphatic heterocycles. The topological polar surface area (TPSA) is 66.6 Å². The lowest BCUT2D eigenvalue weighted by molar-refractivity contribution is -0.120. The third kappa shape index (κ3) is 4.79. The number of aliphatic hydroxyl groups excluding tert-OH is 1. The Balaban J connectivity index is 2.18. The van der Waals surface area contributed by atoms with Crippen LogP contribution in [0, 0.1) is 0 Å². The molecule has 2 atom stereocenters. The summed E-state index contributed by atoms with van der Waals surface area (Å²) >= 11 is 6.13. The van der Waals surface area contributed by atoms with Crippen molar-refractivity contribution in [3.63, 3.8) is 0 Å². The van der Waals surface area contributed by atoms with Gasteiger partial charge in [-0.1, -0.05) is 60.1 Å². The van der Waals surface area contributed by atoms with Gasteiger partial charge in [0.2, 0.25) is 5.91 Å². The minimum atomic E-state index is -0.797. The molecule has 0 aromatic heterocycles. The highest BCUT2D eigenvalue weighted by Gasteiger charge is 2.22. The van der Waals surface area contributed by atoms with E-state index in [0.717, 1.165) is 5.56 Å². The molecule has 0 saturated carbocycles. The predicted molar refractivity (Wildman–Crippen MR) is 92.0 cm³/mol. The van der Waals surface area contributed by atoms with E-state index in [1.807, 2.05) is 54.3 Å². The summed E-state index contributed by atoms with van der Waals surface area (Å²) in [5.41, 5.74) is 7.06. The number of halogens is 1. The maximum absolute atomic E-state index is 11.4. The standard InChI is InChI=1S/C18H21ClN2O2/c1-13(14-7-3-2-4-8-14)21(12-18(20)23)11-17(22)15-9-5-6-10-16(15)19/h2-10,13,17,22H,11-12H2,1H3,(H2,20,23)/t13-,17?/m1/s1. The molecular weight excluding hydrogens is 312 g/mol. The van der Waals surface area contributed by atoms with Crippen molar-refractivity contribution in [2.24, 2.45) is 5.73 Å². The highest BCUT2D eigenvalue weighted by Crippen LogP contribution is 2.27. The van der Waals surface area contributed by atoms with Crippen LogP contribution in [0.25, 0.3) is 0 Å². The van der Waals surface area contributed by atoms with Gasteiger partial charge in [0, 0.05) is 23.2 Å². The van der Waals surface area contributed by atoms with Gasteiger partial charge in [-0.25, -0.2) is 0 Å². The molecule has 3 N–H and O–H groups in total. The number of primary amides is 1. The molecule has 5 heteroatoms. The van der Waals surface area contributed by atoms with Crippen LogP contribution < -0.4 is 5.73 Å². The third-order valence-corrected chi connectivity index (χ3v) is 4.20. The van der Waals surface area contributed by atoms with Crippen LogP contribution in [0.4, 0.5) is 0 Å². The van der Waals surface area contributed by atoms with Crippen molar-refractivity contribution in [2.75, 3.05) is 13.1 Å². The molecule has 4 nitrogen and oxygen atoms in total. The van der Waals surface area contributed by atoms with Crippen LogP contribution in [0.1, 0.15) is 30.2 Å². The van der Waals surface area contributed by atoms with E-state index in [9.17, 15) is 9.90 Å². The molecule has 23 heavy (non-hydrogen) atoms. The SMILES string of the molecule is C[C@H](c1ccccc1)N(CC(N)=O)CC(O)c1ccccc1Cl. The summed E-state index contributed by atoms with van der Waals surface area (Å²) in [6, 6.07) is 16.9. The number of rotatable bonds is 7. The maximum Gasteiger partial charge on any atom is 0.231 e. The maximum atomic E-state index is 11.4. The minimum Gasteiger partial charge on any atom is -0.387 e. The fraction of sp³-hybridized carbons (Fsp3) is 0.278. The zero-order chi connectivity index (χ0) is 16.8. The molecule has 1 unspecified atom stereocenters. The van der Waals surface area contributed by atoms with E-state index in [1.54, 1.807) is 12.1 Å². The van der Waals surface area contributed by atoms with Crippen molar-refractivity contribution in [3.05, 3.63) is 70.7 Å². The fourth-order valence-electron chi connectivity index (χ4n) is 2.57. The van der Waals surface area contributed by atoms with E-state index < -0.39 is 12.0 Å². The average Bonchev–Trinajstić information content (AvgIpc) is 2.54. The van der Waals surface area contributed by atoms with Crippen LogP contribution in [0.2, 0.25) is 5.02 Å². The van der Waals surface area contributed by atoms with Crippen molar-refractivity contribution >= 4 is 17.5 Å². The molecule has 0 fully saturated rings. The highest BCUT2D eigenvalue weighted by molar-refractivity contribution is 6.31. The second-order valence-electron chi connectivity index (χ2n) is 5.52. The van der Waals surface area contributed by atoms with E-state index in [4.69, 9.17) is 17.3 Å². The van der Waals surface area contributed by atoms with Gasteiger partial charge < -0.3 is 10.8 Å². The number of benzene rings is 2. The van der Waals surface area contributed by atoms with Gasteiger partial charge in [-0.05, 0) is 18.6 Å². The van der Waals surface area contributed by atoms with Crippen LogP contribution in [0.5, 0.6) is 0 Å². The lowest BCUT2D eigenvalue weighted by Gasteiger charge is -2.30. The quantitative estimate of drug-likeness (QED) is 0.819. The second kappa shape index (κ2) is 8.11. The summed E-state index contributed by atoms with van der Waals surface area (Å²) in [4.78, 5) is 13.3. The van der Waals surface area contributed by atoms with Crippen LogP contribution in [0.15, 0.2) is 54.6 Å². The van der Waals surface area contributed by atoms with Gasteiger partial charge in [-0.15, -0.1) is 0 Å². The number of amides is 1. The molecular formula is C18H21ClN2O2. The van der Waals surface area contributed by atoms with Gasteiger partial charge in [-0.3, -0.25) is 9.69 Å². The Kier molecular flexibility index (Phi) is 6.16. The Bertz CT molecular complexity index is 648. The third-order valence-electron chi connectivity index (χ3n) is 3.86. The smallest absolute Gasteiger partial charge is 0.231 e. The van der Waals surface area contributed by atoms with Crippen LogP contribution >= 0.6 is 11.6 Å². The van der Waals surface area contributed by atoms with Crippen LogP contribution in [-0.2, 0) is 4.79 Å². The van der Waals surface area contributed by atoms with Crippen molar-refractivity contribution in [1.82, 2.24) is 4.90 Å². The summed E-state index contributed by atoms with van der Waals surface area (Å²) < 4.78 is 0. The monoisotopic (exact) mass is 332 g/mol. The van der Waals surface area contributed by atoms with E-state index in [0.29, 0.717) is 10.6 Å². The fourth-order valence-corrected chi connectivity index (χ4v) is 2.83. The molecule has 0 aliphatic rings. The zero-order valence-corrected chi connectivity index (χ0v) is 13.8. The van der Waals surface area contributed by atoms with Gasteiger partial charge in [0.15, 0.2) is 0 Å². The normalized spacial score (nSPS) is 13.7. The lowest BCUT2D eigenvalue weighted by Crippen LogP contribution is -2.38. The first-order chi connectivity index (χ1) is 11.0. The zero-order valence-electron chi connectivity index (χ0n) is 13.0. The Labute approximate surface area is 141 Å². The summed E-state index contributed by atoms with van der Waals surface area (Å²) in [6.07, 6.45) is -0.797. The van der Waals surface area contributed by atoms with E-state index >= 15 is 0 Å². The Morgan fingerprint density at radius 3 is 2.39 bits per heavy atom. The summed E-state index contributed by atoms with van der Waals surface area (Å²) in [6.45, 7) is 2.32. The first-order valence-corrected chi connectivity index (χ1v) is 7.86. The first-order valence-electron chi connectivity index (χ1n) is 7.49. The van der Waals surface area contributed by atoms with E-state index in [-0.39, 0.29) is 19.1 Å². The van der Waals surface area contributed by atoms with Crippen molar-refractivity contribution in [2.45, 2.75) is 19.1 Å². The van der Waals surface area contributed by atoms with Gasteiger partial charge in [0.05, 0.1) is 12.6 Å². The summed E-state index contributed by atoms with van der Waals surface area (Å²) in [5, 5.41) is 11.0. The van der Waals surface area contributed by atoms with E-state index in [2.05, 4.69) is 0 Å². The number of carbonyl (C=O) groups is 1. The van der Waals surface area contributed by atoms with Crippen molar-refractivity contribution < 1.29 is 9.90 Å². The van der Waals surface area contributed by atoms with Gasteiger partial charge in [0.25, 0.3) is 0 Å². The molecule has 122 valence electrons. The molecule has 2 rings (SSSR count). The molecule has 2 aromatic rings. The number of nitrogens with zero attached hydrogens (tertiary/aromatic N) is 1. The number of hydrogen-bond acceptors (Lipinski definition) is 3. The molecule has 0 spiro atoms. The van der Waals surface area contributed by atoms with Crippen LogP contribution in [-0.4, -0.2) is 29.0 Å². The first kappa shape index (κ1) is 17.5. The largest absolute Gasteiger partial charge is 0.387 e. The van der Waals surface area contributed by atoms with Crippen molar-refractivity contribution in [1.29, 1.82) is 0 Å². The Morgan fingerprint density at radius 1 is 1.17 bits per heavy atom. The number of aliphatic hydroxyl groups is 1. The molecule has 2 aromatic carbocycles. The molecule has 0 saturated heterocycles. The Morgan fingerprint density at radius 2 is 1.78 bits per heavy atom. The summed E-state index contributed by atoms with van der Waals surface area (Å²) in [5.74, 6) is -0.431. The Hall–Kier alpha value is -1.88. The number of carbonyl (C=O) groups excluding carboxylic acids is 1. The van der Waals surface area contributed by atoms with Gasteiger partial charge >= 0.3 is 0 Å². The second-order valence-corrected chi connectivity index (χ2v) is 5.93.